The van der Waals surface area contributed by atoms with Crippen LogP contribution in [-0.2, 0) is 30.5 Å². The Kier molecular flexibility index (Phi) is 15.3. The number of piperidine rings is 1. The number of carbonyl (C=O) groups is 2. The van der Waals surface area contributed by atoms with Crippen molar-refractivity contribution in [1.82, 2.24) is 19.7 Å². The summed E-state index contributed by atoms with van der Waals surface area (Å²) in [4.78, 5) is 37.9. The third kappa shape index (κ3) is 10.8. The molecule has 10 nitrogen and oxygen atoms in total. The largest absolute Gasteiger partial charge is 1.00 e. The van der Waals surface area contributed by atoms with Crippen LogP contribution < -0.4 is 34.1 Å². The molecule has 312 valence electrons. The Hall–Kier alpha value is -2.67. The second kappa shape index (κ2) is 18.5. The fraction of sp³-hybridized carbons (Fsp3) is 0.609. The molecule has 2 aliphatic rings. The van der Waals surface area contributed by atoms with Crippen LogP contribution in [0.3, 0.4) is 0 Å². The van der Waals surface area contributed by atoms with Crippen LogP contribution in [0.2, 0.25) is 0 Å². The second-order valence-electron chi connectivity index (χ2n) is 19.1. The van der Waals surface area contributed by atoms with Gasteiger partial charge in [0.2, 0.25) is 11.9 Å². The maximum atomic E-state index is 14.0. The van der Waals surface area contributed by atoms with E-state index in [-0.39, 0.29) is 92.2 Å². The van der Waals surface area contributed by atoms with E-state index in [1.165, 1.54) is 17.7 Å². The fourth-order valence-electron chi connectivity index (χ4n) is 9.76. The number of hydrogen-bond acceptors (Lipinski definition) is 7. The number of benzene rings is 1. The summed E-state index contributed by atoms with van der Waals surface area (Å²) in [5.41, 5.74) is 2.62. The van der Waals surface area contributed by atoms with Gasteiger partial charge in [-0.2, -0.15) is 4.57 Å². The number of pyridine rings is 2. The number of likely N-dealkylation sites (N-methyl/N-ethyl adjacent to an activating group) is 1. The van der Waals surface area contributed by atoms with Crippen LogP contribution in [0.1, 0.15) is 142 Å². The summed E-state index contributed by atoms with van der Waals surface area (Å²) in [6.45, 7) is 20.6. The van der Waals surface area contributed by atoms with Crippen LogP contribution in [0.25, 0.3) is 0 Å². The second-order valence-corrected chi connectivity index (χ2v) is 20.5. The van der Waals surface area contributed by atoms with Crippen LogP contribution in [0.4, 0.5) is 0 Å². The number of amides is 2. The average molecular weight is 825 g/mol. The molecule has 0 aliphatic carbocycles. The van der Waals surface area contributed by atoms with E-state index in [9.17, 15) is 22.6 Å². The van der Waals surface area contributed by atoms with Gasteiger partial charge in [-0.15, -0.1) is 0 Å². The molecule has 2 fully saturated rings. The molecule has 2 saturated heterocycles. The zero-order valence-corrected chi connectivity index (χ0v) is 40.1. The van der Waals surface area contributed by atoms with E-state index in [1.807, 2.05) is 48.2 Å². The van der Waals surface area contributed by atoms with Crippen LogP contribution in [0.15, 0.2) is 78.2 Å². The molecule has 3 aromatic rings. The van der Waals surface area contributed by atoms with Crippen molar-refractivity contribution >= 4 is 21.9 Å². The molecule has 0 N–H and O–H groups in total. The van der Waals surface area contributed by atoms with Gasteiger partial charge >= 0.3 is 29.6 Å². The molecule has 5 rings (SSSR count). The van der Waals surface area contributed by atoms with Crippen LogP contribution in [-0.4, -0.2) is 88.3 Å². The first-order valence-corrected chi connectivity index (χ1v) is 22.2. The summed E-state index contributed by atoms with van der Waals surface area (Å²) >= 11 is 0. The van der Waals surface area contributed by atoms with E-state index in [2.05, 4.69) is 101 Å². The monoisotopic (exact) mass is 824 g/mol. The van der Waals surface area contributed by atoms with E-state index in [0.717, 1.165) is 43.2 Å². The topological polar surface area (TPSA) is 118 Å². The molecule has 12 heteroatoms. The molecule has 4 unspecified atom stereocenters. The van der Waals surface area contributed by atoms with Gasteiger partial charge in [-0.05, 0) is 137 Å². The quantitative estimate of drug-likeness (QED) is 0.126. The molecule has 0 bridgehead atoms. The number of carbonyl (C=O) groups excluding carboxylic acids is 2. The molecule has 58 heavy (non-hydrogen) atoms. The van der Waals surface area contributed by atoms with Gasteiger partial charge in [0.1, 0.15) is 10.1 Å². The molecule has 4 atom stereocenters. The molecular formula is C46H67N5NaO5S+. The summed E-state index contributed by atoms with van der Waals surface area (Å²) in [7, 11) is -0.482. The molecule has 1 aromatic carbocycles. The average Bonchev–Trinajstić information content (AvgIpc) is 3.60. The van der Waals surface area contributed by atoms with Gasteiger partial charge < -0.3 is 14.4 Å². The van der Waals surface area contributed by atoms with Crippen LogP contribution in [0.5, 0.6) is 0 Å². The van der Waals surface area contributed by atoms with E-state index in [4.69, 9.17) is 0 Å². The fourth-order valence-corrected chi connectivity index (χ4v) is 10.2. The van der Waals surface area contributed by atoms with Crippen molar-refractivity contribution in [3.63, 3.8) is 0 Å². The minimum atomic E-state index is -4.61. The number of aromatic nitrogens is 2. The molecule has 0 saturated carbocycles. The molecular weight excluding hydrogens is 758 g/mol. The first-order chi connectivity index (χ1) is 26.5. The van der Waals surface area contributed by atoms with Crippen molar-refractivity contribution in [3.05, 3.63) is 90.0 Å². The van der Waals surface area contributed by atoms with E-state index in [1.54, 1.807) is 12.1 Å². The number of rotatable bonds is 15. The van der Waals surface area contributed by atoms with Gasteiger partial charge in [0.05, 0.1) is 4.90 Å². The summed E-state index contributed by atoms with van der Waals surface area (Å²) in [6, 6.07) is 14.4. The molecule has 4 heterocycles. The number of likely N-dealkylation sites (tertiary alicyclic amines) is 2. The van der Waals surface area contributed by atoms with E-state index in [0.29, 0.717) is 25.8 Å². The van der Waals surface area contributed by atoms with Gasteiger partial charge in [0, 0.05) is 74.6 Å². The molecule has 2 amide bonds. The minimum Gasteiger partial charge on any atom is -0.744 e. The van der Waals surface area contributed by atoms with E-state index < -0.39 is 10.1 Å². The smallest absolute Gasteiger partial charge is 0.744 e. The summed E-state index contributed by atoms with van der Waals surface area (Å²) < 4.78 is 37.7. The van der Waals surface area contributed by atoms with Crippen LogP contribution >= 0.6 is 0 Å². The van der Waals surface area contributed by atoms with Gasteiger partial charge in [0.15, 0.2) is 12.4 Å². The zero-order valence-electron chi connectivity index (χ0n) is 37.3. The Morgan fingerprint density at radius 3 is 2.03 bits per heavy atom. The van der Waals surface area contributed by atoms with E-state index >= 15 is 0 Å². The standard InChI is InChI=1S/C46H67N5O5S.Na/c1-12-46(9,37-19-23-47-24-20-37)32-38(51-25-13-14-41(51)52)28-35(34-15-17-40(18-16-34)57(54,55)56)29-43(3,4)36-21-26-50(27-22-36)33(2)42(53)48(10)39-30-44(5,6)49(11)45(7,8)31-39;/h15-24,26-27,33,35,38-39H,12-14,25,28-32H2,1-11H3;/q;+1. The van der Waals surface area contributed by atoms with Crippen molar-refractivity contribution < 1.29 is 56.7 Å². The minimum absolute atomic E-state index is 0. The summed E-state index contributed by atoms with van der Waals surface area (Å²) in [5, 5.41) is 0. The van der Waals surface area contributed by atoms with Crippen molar-refractivity contribution in [2.75, 3.05) is 20.6 Å². The first-order valence-electron chi connectivity index (χ1n) is 20.8. The molecule has 2 aliphatic heterocycles. The third-order valence-electron chi connectivity index (χ3n) is 14.0. The first kappa shape index (κ1) is 48.0. The maximum Gasteiger partial charge on any atom is 1.00 e. The molecule has 0 radical (unpaired) electrons. The van der Waals surface area contributed by atoms with Crippen molar-refractivity contribution in [2.45, 2.75) is 165 Å². The normalized spacial score (nSPS) is 20.1. The summed E-state index contributed by atoms with van der Waals surface area (Å²) in [5.74, 6) is 0.194. The van der Waals surface area contributed by atoms with Gasteiger partial charge in [-0.1, -0.05) is 39.8 Å². The molecule has 0 spiro atoms. The summed E-state index contributed by atoms with van der Waals surface area (Å²) in [6.07, 6.45) is 13.9. The SMILES string of the molecule is CCC(C)(CC(CC(CC(C)(C)c1cc[n+](C(C)C(=O)N(C)C2CC(C)(C)N(C)C(C)(C)C2)cc1)c1ccc(S(=O)(=O)[O-])cc1)N1CCCC1=O)c1ccncc1.[Na+]. The predicted molar refractivity (Wildman–Crippen MR) is 224 cm³/mol. The Labute approximate surface area is 371 Å². The Balaban J connectivity index is 0.00000744. The Morgan fingerprint density at radius 2 is 1.53 bits per heavy atom. The molecule has 2 aromatic heterocycles. The number of nitrogens with zero attached hydrogens (tertiary/aromatic N) is 5. The van der Waals surface area contributed by atoms with Crippen molar-refractivity contribution in [2.24, 2.45) is 0 Å². The van der Waals surface area contributed by atoms with Crippen molar-refractivity contribution in [3.8, 4) is 0 Å². The Morgan fingerprint density at radius 1 is 0.966 bits per heavy atom. The van der Waals surface area contributed by atoms with Gasteiger partial charge in [0.25, 0.3) is 5.91 Å². The van der Waals surface area contributed by atoms with Gasteiger partial charge in [-0.25, -0.2) is 8.42 Å². The zero-order chi connectivity index (χ0) is 42.1. The van der Waals surface area contributed by atoms with Gasteiger partial charge in [-0.3, -0.25) is 19.5 Å². The third-order valence-corrected chi connectivity index (χ3v) is 14.8. The predicted octanol–water partition coefficient (Wildman–Crippen LogP) is 4.54. The Bertz CT molecular complexity index is 1960. The number of hydrogen-bond donors (Lipinski definition) is 0. The van der Waals surface area contributed by atoms with Crippen molar-refractivity contribution in [1.29, 1.82) is 0 Å². The van der Waals surface area contributed by atoms with Crippen LogP contribution in [0, 0.1) is 0 Å². The maximum absolute atomic E-state index is 14.0.